The van der Waals surface area contributed by atoms with Crippen LogP contribution in [0.15, 0.2) is 12.1 Å². The maximum Gasteiger partial charge on any atom is 0.331 e. The number of carbonyl (C=O) groups is 1. The van der Waals surface area contributed by atoms with Gasteiger partial charge in [-0.2, -0.15) is 0 Å². The zero-order chi connectivity index (χ0) is 15.2. The van der Waals surface area contributed by atoms with Crippen LogP contribution in [-0.4, -0.2) is 48.8 Å². The second-order valence-electron chi connectivity index (χ2n) is 4.98. The molecule has 0 amide bonds. The van der Waals surface area contributed by atoms with Crippen LogP contribution in [0, 0.1) is 0 Å². The number of hydrogen-bond acceptors (Lipinski definition) is 5. The van der Waals surface area contributed by atoms with Gasteiger partial charge in [0.15, 0.2) is 0 Å². The maximum absolute atomic E-state index is 11.0. The molecule has 0 aromatic carbocycles. The van der Waals surface area contributed by atoms with Crippen LogP contribution in [0.5, 0.6) is 0 Å². The number of pyridine rings is 1. The molecule has 1 saturated heterocycles. The van der Waals surface area contributed by atoms with Crippen molar-refractivity contribution in [3.63, 3.8) is 0 Å². The fourth-order valence-corrected chi connectivity index (χ4v) is 2.85. The molecule has 7 heteroatoms. The van der Waals surface area contributed by atoms with Gasteiger partial charge in [0.2, 0.25) is 0 Å². The number of piperidine rings is 1. The molecule has 5 nitrogen and oxygen atoms in total. The molecule has 116 valence electrons. The Bertz CT molecular complexity index is 471. The van der Waals surface area contributed by atoms with Crippen molar-refractivity contribution in [1.29, 1.82) is 0 Å². The predicted octanol–water partition coefficient (Wildman–Crippen LogP) is 2.54. The van der Waals surface area contributed by atoms with Crippen LogP contribution in [0.25, 0.3) is 0 Å². The van der Waals surface area contributed by atoms with Gasteiger partial charge in [-0.05, 0) is 30.5 Å². The van der Waals surface area contributed by atoms with Crippen LogP contribution in [0.2, 0.25) is 10.3 Å². The topological polar surface area (TPSA) is 51.7 Å². The lowest BCUT2D eigenvalue weighted by Gasteiger charge is -2.31. The molecule has 0 unspecified atom stereocenters. The fraction of sp³-hybridized carbons (Fsp3) is 0.571. The highest BCUT2D eigenvalue weighted by atomic mass is 35.5. The van der Waals surface area contributed by atoms with E-state index in [0.29, 0.717) is 10.3 Å². The number of nitrogens with zero attached hydrogens (tertiary/aromatic N) is 2. The molecule has 0 N–H and O–H groups in total. The second kappa shape index (κ2) is 7.94. The van der Waals surface area contributed by atoms with Crippen molar-refractivity contribution in [2.75, 3.05) is 26.8 Å². The van der Waals surface area contributed by atoms with Crippen molar-refractivity contribution in [3.05, 3.63) is 28.0 Å². The Hall–Kier alpha value is -0.880. The highest BCUT2D eigenvalue weighted by molar-refractivity contribution is 6.32. The number of rotatable bonds is 5. The summed E-state index contributed by atoms with van der Waals surface area (Å²) in [5.74, 6) is -0.335. The molecular weight excluding hydrogens is 315 g/mol. The van der Waals surface area contributed by atoms with Gasteiger partial charge in [0, 0.05) is 19.6 Å². The zero-order valence-corrected chi connectivity index (χ0v) is 13.4. The van der Waals surface area contributed by atoms with Crippen molar-refractivity contribution < 1.29 is 14.3 Å². The van der Waals surface area contributed by atoms with Gasteiger partial charge >= 0.3 is 5.97 Å². The Morgan fingerprint density at radius 2 is 1.95 bits per heavy atom. The number of methoxy groups -OCH3 is 1. The molecule has 1 fully saturated rings. The summed E-state index contributed by atoms with van der Waals surface area (Å²) in [5, 5.41) is 0.822. The summed E-state index contributed by atoms with van der Waals surface area (Å²) in [6.45, 7) is 2.62. The van der Waals surface area contributed by atoms with Gasteiger partial charge in [-0.1, -0.05) is 23.2 Å². The van der Waals surface area contributed by atoms with E-state index in [1.165, 1.54) is 7.11 Å². The van der Waals surface area contributed by atoms with Crippen molar-refractivity contribution in [2.24, 2.45) is 0 Å². The molecule has 2 heterocycles. The monoisotopic (exact) mass is 332 g/mol. The number of carbonyl (C=O) groups excluding carboxylic acids is 1. The van der Waals surface area contributed by atoms with Gasteiger partial charge in [-0.15, -0.1) is 0 Å². The Balaban J connectivity index is 1.77. The highest BCUT2D eigenvalue weighted by Crippen LogP contribution is 2.19. The summed E-state index contributed by atoms with van der Waals surface area (Å²) >= 11 is 11.8. The Kier molecular flexibility index (Phi) is 6.23. The molecule has 0 atom stereocenters. The predicted molar refractivity (Wildman–Crippen MR) is 80.5 cm³/mol. The minimum absolute atomic E-state index is 0.0245. The van der Waals surface area contributed by atoms with E-state index in [4.69, 9.17) is 27.9 Å². The van der Waals surface area contributed by atoms with Crippen molar-refractivity contribution in [3.8, 4) is 0 Å². The molecule has 0 bridgehead atoms. The highest BCUT2D eigenvalue weighted by Gasteiger charge is 2.20. The van der Waals surface area contributed by atoms with E-state index in [9.17, 15) is 4.79 Å². The van der Waals surface area contributed by atoms with Crippen molar-refractivity contribution in [1.82, 2.24) is 9.88 Å². The van der Waals surface area contributed by atoms with E-state index in [0.717, 1.165) is 38.0 Å². The molecule has 0 saturated carbocycles. The summed E-state index contributed by atoms with van der Waals surface area (Å²) in [6, 6.07) is 3.65. The molecular formula is C14H18Cl2N2O3. The average molecular weight is 333 g/mol. The SMILES string of the molecule is COC(=O)COC1CCN(Cc2cc(Cl)nc(Cl)c2)CC1. The summed E-state index contributed by atoms with van der Waals surface area (Å²) in [7, 11) is 1.36. The number of likely N-dealkylation sites (tertiary alicyclic amines) is 1. The third-order valence-corrected chi connectivity index (χ3v) is 3.82. The van der Waals surface area contributed by atoms with E-state index in [1.54, 1.807) is 0 Å². The van der Waals surface area contributed by atoms with E-state index in [-0.39, 0.29) is 18.7 Å². The molecule has 0 radical (unpaired) electrons. The van der Waals surface area contributed by atoms with Crippen LogP contribution in [0.4, 0.5) is 0 Å². The number of ether oxygens (including phenoxy) is 2. The van der Waals surface area contributed by atoms with Crippen molar-refractivity contribution in [2.45, 2.75) is 25.5 Å². The van der Waals surface area contributed by atoms with Gasteiger partial charge in [0.1, 0.15) is 16.9 Å². The molecule has 1 aliphatic heterocycles. The van der Waals surface area contributed by atoms with Crippen LogP contribution in [-0.2, 0) is 20.8 Å². The fourth-order valence-electron chi connectivity index (χ4n) is 2.34. The maximum atomic E-state index is 11.0. The number of aromatic nitrogens is 1. The Morgan fingerprint density at radius 1 is 1.33 bits per heavy atom. The largest absolute Gasteiger partial charge is 0.467 e. The zero-order valence-electron chi connectivity index (χ0n) is 11.8. The minimum atomic E-state index is -0.335. The molecule has 0 aliphatic carbocycles. The Morgan fingerprint density at radius 3 is 2.52 bits per heavy atom. The standard InChI is InChI=1S/C14H18Cl2N2O3/c1-20-14(19)9-21-11-2-4-18(5-3-11)8-10-6-12(15)17-13(16)7-10/h6-7,11H,2-5,8-9H2,1H3. The molecule has 21 heavy (non-hydrogen) atoms. The van der Waals surface area contributed by atoms with Gasteiger partial charge in [-0.25, -0.2) is 9.78 Å². The van der Waals surface area contributed by atoms with Crippen LogP contribution in [0.1, 0.15) is 18.4 Å². The van der Waals surface area contributed by atoms with E-state index in [2.05, 4.69) is 14.6 Å². The lowest BCUT2D eigenvalue weighted by atomic mass is 10.1. The first-order chi connectivity index (χ1) is 10.1. The van der Waals surface area contributed by atoms with Gasteiger partial charge in [-0.3, -0.25) is 4.90 Å². The first kappa shape index (κ1) is 16.5. The quantitative estimate of drug-likeness (QED) is 0.612. The minimum Gasteiger partial charge on any atom is -0.467 e. The number of esters is 1. The van der Waals surface area contributed by atoms with Crippen LogP contribution < -0.4 is 0 Å². The molecule has 1 aromatic rings. The first-order valence-corrected chi connectivity index (χ1v) is 7.55. The Labute approximate surface area is 134 Å². The second-order valence-corrected chi connectivity index (χ2v) is 5.76. The summed E-state index contributed by atoms with van der Waals surface area (Å²) in [4.78, 5) is 17.3. The van der Waals surface area contributed by atoms with Crippen LogP contribution >= 0.6 is 23.2 Å². The molecule has 0 spiro atoms. The van der Waals surface area contributed by atoms with Gasteiger partial charge in [0.25, 0.3) is 0 Å². The first-order valence-electron chi connectivity index (χ1n) is 6.79. The van der Waals surface area contributed by atoms with Crippen LogP contribution in [0.3, 0.4) is 0 Å². The normalized spacial score (nSPS) is 16.9. The van der Waals surface area contributed by atoms with E-state index in [1.807, 2.05) is 12.1 Å². The number of hydrogen-bond donors (Lipinski definition) is 0. The van der Waals surface area contributed by atoms with Crippen molar-refractivity contribution >= 4 is 29.2 Å². The lowest BCUT2D eigenvalue weighted by molar-refractivity contribution is -0.149. The summed E-state index contributed by atoms with van der Waals surface area (Å²) in [6.07, 6.45) is 1.90. The summed E-state index contributed by atoms with van der Waals surface area (Å²) in [5.41, 5.74) is 1.05. The van der Waals surface area contributed by atoms with Gasteiger partial charge < -0.3 is 9.47 Å². The van der Waals surface area contributed by atoms with E-state index >= 15 is 0 Å². The third-order valence-electron chi connectivity index (χ3n) is 3.43. The lowest BCUT2D eigenvalue weighted by Crippen LogP contribution is -2.37. The molecule has 2 rings (SSSR count). The average Bonchev–Trinajstić information content (AvgIpc) is 2.45. The summed E-state index contributed by atoms with van der Waals surface area (Å²) < 4.78 is 10.1. The number of halogens is 2. The smallest absolute Gasteiger partial charge is 0.331 e. The van der Waals surface area contributed by atoms with Gasteiger partial charge in [0.05, 0.1) is 13.2 Å². The molecule has 1 aromatic heterocycles. The third kappa shape index (κ3) is 5.43. The molecule has 1 aliphatic rings. The van der Waals surface area contributed by atoms with E-state index < -0.39 is 0 Å².